The second-order valence-corrected chi connectivity index (χ2v) is 3.24. The van der Waals surface area contributed by atoms with Crippen molar-refractivity contribution in [1.29, 1.82) is 0 Å². The maximum Gasteiger partial charge on any atom is 0.280 e. The lowest BCUT2D eigenvalue weighted by Crippen LogP contribution is -2.32. The monoisotopic (exact) mass is 212 g/mol. The number of rotatable bonds is 5. The first kappa shape index (κ1) is 11.5. The summed E-state index contributed by atoms with van der Waals surface area (Å²) in [6.45, 7) is 5.32. The molecule has 6 heteroatoms. The molecule has 1 rings (SSSR count). The Hall–Kier alpha value is -1.59. The molecule has 0 radical (unpaired) electrons. The number of anilines is 1. The summed E-state index contributed by atoms with van der Waals surface area (Å²) in [4.78, 5) is 13.5. The fourth-order valence-electron chi connectivity index (χ4n) is 1.25. The van der Waals surface area contributed by atoms with Crippen LogP contribution in [0.3, 0.4) is 0 Å². The predicted molar refractivity (Wildman–Crippen MR) is 55.2 cm³/mol. The van der Waals surface area contributed by atoms with Gasteiger partial charge in [0.2, 0.25) is 11.5 Å². The van der Waals surface area contributed by atoms with Crippen molar-refractivity contribution in [3.63, 3.8) is 0 Å². The van der Waals surface area contributed by atoms with Gasteiger partial charge < -0.3 is 10.6 Å². The maximum atomic E-state index is 11.8. The van der Waals surface area contributed by atoms with Crippen LogP contribution in [0, 0.1) is 0 Å². The van der Waals surface area contributed by atoms with Gasteiger partial charge in [-0.2, -0.15) is 0 Å². The van der Waals surface area contributed by atoms with Crippen LogP contribution in [0.4, 0.5) is 5.82 Å². The maximum absolute atomic E-state index is 11.8. The van der Waals surface area contributed by atoms with E-state index in [1.807, 2.05) is 6.92 Å². The highest BCUT2D eigenvalue weighted by Crippen LogP contribution is 2.09. The van der Waals surface area contributed by atoms with Gasteiger partial charge in [0.25, 0.3) is 5.91 Å². The van der Waals surface area contributed by atoms with Gasteiger partial charge in [0.05, 0.1) is 0 Å². The molecule has 0 saturated heterocycles. The minimum absolute atomic E-state index is 0.0509. The molecule has 0 aliphatic carbocycles. The van der Waals surface area contributed by atoms with E-state index in [1.54, 1.807) is 4.90 Å². The number of carbonyl (C=O) groups is 1. The van der Waals surface area contributed by atoms with Crippen molar-refractivity contribution in [3.8, 4) is 0 Å². The van der Waals surface area contributed by atoms with Gasteiger partial charge in [-0.15, -0.1) is 0 Å². The van der Waals surface area contributed by atoms with Crippen molar-refractivity contribution < 1.29 is 9.42 Å². The number of hydrogen-bond donors (Lipinski definition) is 1. The average molecular weight is 212 g/mol. The van der Waals surface area contributed by atoms with E-state index in [2.05, 4.69) is 21.9 Å². The minimum Gasteiger partial charge on any atom is -0.379 e. The molecule has 0 aliphatic heterocycles. The van der Waals surface area contributed by atoms with E-state index < -0.39 is 0 Å². The number of unbranched alkanes of at least 4 members (excludes halogenated alkanes) is 1. The first-order valence-corrected chi connectivity index (χ1v) is 5.08. The Kier molecular flexibility index (Phi) is 4.08. The molecular weight excluding hydrogens is 196 g/mol. The third kappa shape index (κ3) is 2.68. The number of nitrogen functional groups attached to an aromatic ring is 1. The van der Waals surface area contributed by atoms with Gasteiger partial charge >= 0.3 is 0 Å². The highest BCUT2D eigenvalue weighted by atomic mass is 16.6. The van der Waals surface area contributed by atoms with Gasteiger partial charge in [-0.25, -0.2) is 4.63 Å². The van der Waals surface area contributed by atoms with Crippen molar-refractivity contribution in [2.75, 3.05) is 18.8 Å². The molecule has 1 amide bonds. The summed E-state index contributed by atoms with van der Waals surface area (Å²) >= 11 is 0. The number of hydrogen-bond acceptors (Lipinski definition) is 5. The van der Waals surface area contributed by atoms with Gasteiger partial charge in [0, 0.05) is 13.1 Å². The number of carbonyl (C=O) groups excluding carboxylic acids is 1. The molecule has 0 saturated carbocycles. The zero-order chi connectivity index (χ0) is 11.3. The van der Waals surface area contributed by atoms with Crippen molar-refractivity contribution in [1.82, 2.24) is 15.2 Å². The molecule has 0 unspecified atom stereocenters. The zero-order valence-corrected chi connectivity index (χ0v) is 9.06. The lowest BCUT2D eigenvalue weighted by Gasteiger charge is -2.18. The summed E-state index contributed by atoms with van der Waals surface area (Å²) in [6, 6.07) is 0. The van der Waals surface area contributed by atoms with Crippen LogP contribution in [0.1, 0.15) is 37.2 Å². The molecule has 1 aromatic rings. The Balaban J connectivity index is 2.69. The molecule has 15 heavy (non-hydrogen) atoms. The summed E-state index contributed by atoms with van der Waals surface area (Å²) in [5, 5.41) is 6.87. The molecule has 0 atom stereocenters. The van der Waals surface area contributed by atoms with E-state index in [9.17, 15) is 4.79 Å². The Morgan fingerprint density at radius 1 is 1.47 bits per heavy atom. The van der Waals surface area contributed by atoms with E-state index in [1.165, 1.54) is 0 Å². The second kappa shape index (κ2) is 5.33. The van der Waals surface area contributed by atoms with Gasteiger partial charge in [0.1, 0.15) is 0 Å². The van der Waals surface area contributed by atoms with Gasteiger partial charge in [-0.05, 0) is 23.7 Å². The van der Waals surface area contributed by atoms with Crippen molar-refractivity contribution >= 4 is 11.7 Å². The van der Waals surface area contributed by atoms with Crippen LogP contribution in [0.5, 0.6) is 0 Å². The van der Waals surface area contributed by atoms with Crippen LogP contribution in [0.25, 0.3) is 0 Å². The molecule has 0 fully saturated rings. The van der Waals surface area contributed by atoms with Gasteiger partial charge in [-0.1, -0.05) is 13.3 Å². The first-order valence-electron chi connectivity index (χ1n) is 5.08. The number of nitrogens with zero attached hydrogens (tertiary/aromatic N) is 3. The van der Waals surface area contributed by atoms with Gasteiger partial charge in [0.15, 0.2) is 0 Å². The molecule has 0 bridgehead atoms. The summed E-state index contributed by atoms with van der Waals surface area (Å²) in [7, 11) is 0. The molecule has 1 aromatic heterocycles. The highest BCUT2D eigenvalue weighted by molar-refractivity contribution is 5.96. The topological polar surface area (TPSA) is 85.2 Å². The molecule has 84 valence electrons. The Labute approximate surface area is 88.4 Å². The third-order valence-electron chi connectivity index (χ3n) is 2.17. The second-order valence-electron chi connectivity index (χ2n) is 3.24. The normalized spacial score (nSPS) is 10.3. The predicted octanol–water partition coefficient (Wildman–Crippen LogP) is 0.914. The van der Waals surface area contributed by atoms with E-state index in [0.29, 0.717) is 13.1 Å². The SMILES string of the molecule is CCCCN(CC)C(=O)c1nonc1N. The summed E-state index contributed by atoms with van der Waals surface area (Å²) < 4.78 is 4.39. The largest absolute Gasteiger partial charge is 0.379 e. The number of nitrogens with two attached hydrogens (primary N) is 1. The fourth-order valence-corrected chi connectivity index (χ4v) is 1.25. The lowest BCUT2D eigenvalue weighted by molar-refractivity contribution is 0.0752. The molecular formula is C9H16N4O2. The molecule has 1 heterocycles. The molecule has 2 N–H and O–H groups in total. The minimum atomic E-state index is -0.218. The first-order chi connectivity index (χ1) is 7.20. The zero-order valence-electron chi connectivity index (χ0n) is 9.06. The van der Waals surface area contributed by atoms with Crippen molar-refractivity contribution in [2.45, 2.75) is 26.7 Å². The van der Waals surface area contributed by atoms with E-state index in [-0.39, 0.29) is 17.4 Å². The van der Waals surface area contributed by atoms with E-state index >= 15 is 0 Å². The van der Waals surface area contributed by atoms with Crippen LogP contribution in [-0.4, -0.2) is 34.2 Å². The van der Waals surface area contributed by atoms with Gasteiger partial charge in [-0.3, -0.25) is 4.79 Å². The lowest BCUT2D eigenvalue weighted by atomic mass is 10.3. The van der Waals surface area contributed by atoms with E-state index in [4.69, 9.17) is 5.73 Å². The Morgan fingerprint density at radius 3 is 2.67 bits per heavy atom. The van der Waals surface area contributed by atoms with Crippen molar-refractivity contribution in [2.24, 2.45) is 0 Å². The Morgan fingerprint density at radius 2 is 2.20 bits per heavy atom. The number of aromatic nitrogens is 2. The molecule has 0 aromatic carbocycles. The van der Waals surface area contributed by atoms with Crippen LogP contribution in [0.2, 0.25) is 0 Å². The fraction of sp³-hybridized carbons (Fsp3) is 0.667. The van der Waals surface area contributed by atoms with Crippen LogP contribution in [0.15, 0.2) is 4.63 Å². The molecule has 6 nitrogen and oxygen atoms in total. The van der Waals surface area contributed by atoms with Crippen molar-refractivity contribution in [3.05, 3.63) is 5.69 Å². The van der Waals surface area contributed by atoms with Crippen LogP contribution in [-0.2, 0) is 0 Å². The summed E-state index contributed by atoms with van der Waals surface area (Å²) in [5.41, 5.74) is 5.55. The van der Waals surface area contributed by atoms with Crippen LogP contribution >= 0.6 is 0 Å². The molecule has 0 aliphatic rings. The quantitative estimate of drug-likeness (QED) is 0.784. The van der Waals surface area contributed by atoms with Crippen LogP contribution < -0.4 is 5.73 Å². The highest BCUT2D eigenvalue weighted by Gasteiger charge is 2.20. The average Bonchev–Trinajstić information content (AvgIpc) is 2.65. The third-order valence-corrected chi connectivity index (χ3v) is 2.17. The number of amides is 1. The summed E-state index contributed by atoms with van der Waals surface area (Å²) in [5.74, 6) is -0.167. The van der Waals surface area contributed by atoms with E-state index in [0.717, 1.165) is 12.8 Å². The smallest absolute Gasteiger partial charge is 0.280 e. The standard InChI is InChI=1S/C9H16N4O2/c1-3-5-6-13(4-2)9(14)7-8(10)12-15-11-7/h3-6H2,1-2H3,(H2,10,12). The molecule has 0 spiro atoms. The summed E-state index contributed by atoms with van der Waals surface area (Å²) in [6.07, 6.45) is 2.00. The Bertz CT molecular complexity index is 324.